The number of hydrogen-bond acceptors (Lipinski definition) is 3. The van der Waals surface area contributed by atoms with Crippen LogP contribution in [0.5, 0.6) is 0 Å². The van der Waals surface area contributed by atoms with Crippen LogP contribution in [-0.4, -0.2) is 25.2 Å². The summed E-state index contributed by atoms with van der Waals surface area (Å²) in [6, 6.07) is 6.85. The van der Waals surface area contributed by atoms with Gasteiger partial charge in [0.2, 0.25) is 5.91 Å². The fourth-order valence-electron chi connectivity index (χ4n) is 2.50. The zero-order valence-electron chi connectivity index (χ0n) is 13.4. The molecule has 2 unspecified atom stereocenters. The van der Waals surface area contributed by atoms with E-state index in [1.807, 2.05) is 11.6 Å². The van der Waals surface area contributed by atoms with Crippen LogP contribution in [0.4, 0.5) is 4.39 Å². The number of imidazole rings is 1. The highest BCUT2D eigenvalue weighted by atomic mass is 19.1. The van der Waals surface area contributed by atoms with Crippen molar-refractivity contribution in [1.82, 2.24) is 24.6 Å². The summed E-state index contributed by atoms with van der Waals surface area (Å²) in [6.07, 6.45) is 6.82. The van der Waals surface area contributed by atoms with Crippen molar-refractivity contribution in [1.29, 1.82) is 0 Å². The minimum Gasteiger partial charge on any atom is -0.340 e. The number of aryl methyl sites for hydroxylation is 1. The van der Waals surface area contributed by atoms with Crippen LogP contribution in [0.3, 0.4) is 0 Å². The molecule has 0 aliphatic heterocycles. The van der Waals surface area contributed by atoms with Crippen LogP contribution in [0, 0.1) is 5.82 Å². The second-order valence-electron chi connectivity index (χ2n) is 5.55. The zero-order chi connectivity index (χ0) is 17.1. The number of carbonyl (C=O) groups is 1. The quantitative estimate of drug-likeness (QED) is 0.781. The van der Waals surface area contributed by atoms with Gasteiger partial charge in [0.25, 0.3) is 0 Å². The Bertz CT molecular complexity index is 810. The predicted molar refractivity (Wildman–Crippen MR) is 86.5 cm³/mol. The molecule has 3 aromatic rings. The van der Waals surface area contributed by atoms with Crippen LogP contribution in [-0.2, 0) is 11.8 Å². The second-order valence-corrected chi connectivity index (χ2v) is 5.55. The molecule has 6 nitrogen and oxygen atoms in total. The minimum atomic E-state index is -0.476. The molecule has 7 heteroatoms. The smallest absolute Gasteiger partial charge is 0.245 e. The van der Waals surface area contributed by atoms with Crippen molar-refractivity contribution in [3.63, 3.8) is 0 Å². The van der Waals surface area contributed by atoms with E-state index in [-0.39, 0.29) is 11.7 Å². The van der Waals surface area contributed by atoms with Crippen LogP contribution in [0.15, 0.2) is 55.1 Å². The monoisotopic (exact) mass is 327 g/mol. The second kappa shape index (κ2) is 6.66. The van der Waals surface area contributed by atoms with E-state index >= 15 is 0 Å². The maximum Gasteiger partial charge on any atom is 0.245 e. The number of benzene rings is 1. The molecule has 24 heavy (non-hydrogen) atoms. The standard InChI is InChI=1S/C17H18FN5O/c1-12(23-10-3-8-20-23)17(24)21-15(16-19-9-11-22(16)2)13-4-6-14(18)7-5-13/h3-12,15H,1-2H3,(H,21,24). The van der Waals surface area contributed by atoms with E-state index in [4.69, 9.17) is 0 Å². The highest BCUT2D eigenvalue weighted by molar-refractivity contribution is 5.80. The maximum absolute atomic E-state index is 13.2. The summed E-state index contributed by atoms with van der Waals surface area (Å²) in [4.78, 5) is 16.9. The van der Waals surface area contributed by atoms with E-state index in [0.717, 1.165) is 5.56 Å². The lowest BCUT2D eigenvalue weighted by molar-refractivity contribution is -0.124. The number of rotatable bonds is 5. The average Bonchev–Trinajstić information content (AvgIpc) is 3.24. The van der Waals surface area contributed by atoms with Crippen molar-refractivity contribution in [3.05, 3.63) is 72.3 Å². The fraction of sp³-hybridized carbons (Fsp3) is 0.235. The molecule has 2 heterocycles. The van der Waals surface area contributed by atoms with Gasteiger partial charge in [0.05, 0.1) is 0 Å². The number of halogens is 1. The van der Waals surface area contributed by atoms with Gasteiger partial charge in [-0.3, -0.25) is 9.48 Å². The molecule has 0 saturated heterocycles. The molecular formula is C17H18FN5O. The maximum atomic E-state index is 13.2. The summed E-state index contributed by atoms with van der Waals surface area (Å²) in [5.41, 5.74) is 0.756. The van der Waals surface area contributed by atoms with Gasteiger partial charge in [-0.05, 0) is 30.7 Å². The van der Waals surface area contributed by atoms with E-state index in [1.54, 1.807) is 54.6 Å². The molecule has 1 amide bonds. The summed E-state index contributed by atoms with van der Waals surface area (Å²) in [7, 11) is 1.85. The number of amides is 1. The third kappa shape index (κ3) is 3.19. The molecule has 1 N–H and O–H groups in total. The van der Waals surface area contributed by atoms with Crippen molar-refractivity contribution >= 4 is 5.91 Å². The Balaban J connectivity index is 1.89. The average molecular weight is 327 g/mol. The van der Waals surface area contributed by atoms with Crippen LogP contribution in [0.2, 0.25) is 0 Å². The predicted octanol–water partition coefficient (Wildman–Crippen LogP) is 2.22. The molecule has 0 aliphatic rings. The van der Waals surface area contributed by atoms with Gasteiger partial charge in [0, 0.05) is 31.8 Å². The molecule has 0 fully saturated rings. The van der Waals surface area contributed by atoms with E-state index in [0.29, 0.717) is 5.82 Å². The Morgan fingerprint density at radius 1 is 1.21 bits per heavy atom. The van der Waals surface area contributed by atoms with Gasteiger partial charge >= 0.3 is 0 Å². The largest absolute Gasteiger partial charge is 0.340 e. The molecule has 2 aromatic heterocycles. The van der Waals surface area contributed by atoms with E-state index in [2.05, 4.69) is 15.4 Å². The Morgan fingerprint density at radius 3 is 2.54 bits per heavy atom. The Hall–Kier alpha value is -2.96. The lowest BCUT2D eigenvalue weighted by Crippen LogP contribution is -2.36. The SMILES string of the molecule is CC(C(=O)NC(c1ccc(F)cc1)c1nccn1C)n1cccn1. The Kier molecular flexibility index (Phi) is 4.41. The van der Waals surface area contributed by atoms with Crippen molar-refractivity contribution in [2.45, 2.75) is 19.0 Å². The van der Waals surface area contributed by atoms with Gasteiger partial charge in [0.15, 0.2) is 0 Å². The summed E-state index contributed by atoms with van der Waals surface area (Å²) >= 11 is 0. The normalized spacial score (nSPS) is 13.5. The topological polar surface area (TPSA) is 64.7 Å². The van der Waals surface area contributed by atoms with Crippen LogP contribution in [0.25, 0.3) is 0 Å². The number of carbonyl (C=O) groups excluding carboxylic acids is 1. The summed E-state index contributed by atoms with van der Waals surface area (Å²) in [6.45, 7) is 1.77. The molecule has 0 radical (unpaired) electrons. The summed E-state index contributed by atoms with van der Waals surface area (Å²) in [5, 5.41) is 7.07. The van der Waals surface area contributed by atoms with Gasteiger partial charge < -0.3 is 9.88 Å². The number of nitrogens with one attached hydrogen (secondary N) is 1. The van der Waals surface area contributed by atoms with Crippen molar-refractivity contribution in [2.75, 3.05) is 0 Å². The first-order chi connectivity index (χ1) is 11.6. The lowest BCUT2D eigenvalue weighted by atomic mass is 10.1. The van der Waals surface area contributed by atoms with E-state index in [9.17, 15) is 9.18 Å². The van der Waals surface area contributed by atoms with Crippen LogP contribution in [0.1, 0.15) is 30.4 Å². The van der Waals surface area contributed by atoms with Crippen molar-refractivity contribution in [2.24, 2.45) is 7.05 Å². The molecule has 1 aromatic carbocycles. The molecular weight excluding hydrogens is 309 g/mol. The first-order valence-corrected chi connectivity index (χ1v) is 7.58. The fourth-order valence-corrected chi connectivity index (χ4v) is 2.50. The third-order valence-electron chi connectivity index (χ3n) is 3.91. The van der Waals surface area contributed by atoms with Crippen molar-refractivity contribution < 1.29 is 9.18 Å². The van der Waals surface area contributed by atoms with Crippen molar-refractivity contribution in [3.8, 4) is 0 Å². The Morgan fingerprint density at radius 2 is 1.96 bits per heavy atom. The summed E-state index contributed by atoms with van der Waals surface area (Å²) in [5.74, 6) is 0.146. The molecule has 0 spiro atoms. The molecule has 0 bridgehead atoms. The van der Waals surface area contributed by atoms with Gasteiger partial charge in [-0.15, -0.1) is 0 Å². The van der Waals surface area contributed by atoms with Gasteiger partial charge in [-0.2, -0.15) is 5.10 Å². The highest BCUT2D eigenvalue weighted by Crippen LogP contribution is 2.21. The minimum absolute atomic E-state index is 0.198. The molecule has 0 saturated carbocycles. The lowest BCUT2D eigenvalue weighted by Gasteiger charge is -2.21. The van der Waals surface area contributed by atoms with Gasteiger partial charge in [-0.25, -0.2) is 9.37 Å². The van der Waals surface area contributed by atoms with E-state index in [1.165, 1.54) is 12.1 Å². The first kappa shape index (κ1) is 15.9. The van der Waals surface area contributed by atoms with Crippen LogP contribution >= 0.6 is 0 Å². The molecule has 0 aliphatic carbocycles. The number of hydrogen-bond donors (Lipinski definition) is 1. The first-order valence-electron chi connectivity index (χ1n) is 7.58. The number of nitrogens with zero attached hydrogens (tertiary/aromatic N) is 4. The summed E-state index contributed by atoms with van der Waals surface area (Å²) < 4.78 is 16.6. The third-order valence-corrected chi connectivity index (χ3v) is 3.91. The molecule has 124 valence electrons. The molecule has 2 atom stereocenters. The van der Waals surface area contributed by atoms with Gasteiger partial charge in [0.1, 0.15) is 23.7 Å². The zero-order valence-corrected chi connectivity index (χ0v) is 13.4. The number of aromatic nitrogens is 4. The van der Waals surface area contributed by atoms with Crippen LogP contribution < -0.4 is 5.32 Å². The highest BCUT2D eigenvalue weighted by Gasteiger charge is 2.24. The Labute approximate surface area is 138 Å². The van der Waals surface area contributed by atoms with Gasteiger partial charge in [-0.1, -0.05) is 12.1 Å². The van der Waals surface area contributed by atoms with E-state index < -0.39 is 12.1 Å². The molecule has 3 rings (SSSR count).